The Bertz CT molecular complexity index is 542. The second kappa shape index (κ2) is 3.59. The van der Waals surface area contributed by atoms with Crippen LogP contribution in [-0.4, -0.2) is 13.0 Å². The van der Waals surface area contributed by atoms with E-state index in [4.69, 9.17) is 0 Å². The normalized spacial score (nSPS) is 26.4. The number of nitrogens with zero attached hydrogens (tertiary/aromatic N) is 1. The molecule has 1 aromatic carbocycles. The van der Waals surface area contributed by atoms with Crippen molar-refractivity contribution < 1.29 is 4.79 Å². The monoisotopic (exact) mass is 225 g/mol. The van der Waals surface area contributed by atoms with E-state index >= 15 is 0 Å². The summed E-state index contributed by atoms with van der Waals surface area (Å²) >= 11 is 0. The van der Waals surface area contributed by atoms with E-state index in [2.05, 4.69) is 24.3 Å². The van der Waals surface area contributed by atoms with E-state index in [9.17, 15) is 4.79 Å². The van der Waals surface area contributed by atoms with Crippen LogP contribution in [0.15, 0.2) is 48.1 Å². The van der Waals surface area contributed by atoms with Crippen LogP contribution < -0.4 is 4.90 Å². The second-order valence-corrected chi connectivity index (χ2v) is 4.78. The molecular weight excluding hydrogens is 210 g/mol. The Hall–Kier alpha value is -1.83. The van der Waals surface area contributed by atoms with Crippen molar-refractivity contribution in [3.05, 3.63) is 53.6 Å². The van der Waals surface area contributed by atoms with E-state index in [0.29, 0.717) is 0 Å². The number of carbonyl (C=O) groups excluding carboxylic acids is 1. The first-order valence-corrected chi connectivity index (χ1v) is 5.91. The number of anilines is 1. The molecule has 1 aromatic rings. The molecule has 1 aliphatic carbocycles. The maximum Gasteiger partial charge on any atom is 0.234 e. The number of allylic oxidation sites excluding steroid dienone is 3. The zero-order valence-corrected chi connectivity index (χ0v) is 10.1. The van der Waals surface area contributed by atoms with E-state index in [1.807, 2.05) is 32.2 Å². The van der Waals surface area contributed by atoms with Crippen molar-refractivity contribution in [3.63, 3.8) is 0 Å². The summed E-state index contributed by atoms with van der Waals surface area (Å²) in [4.78, 5) is 14.1. The Labute approximate surface area is 101 Å². The molecule has 1 heterocycles. The summed E-state index contributed by atoms with van der Waals surface area (Å²) in [6, 6.07) is 8.16. The molecule has 1 aliphatic heterocycles. The summed E-state index contributed by atoms with van der Waals surface area (Å²) in [6.45, 7) is 2.04. The molecule has 0 aromatic heterocycles. The highest BCUT2D eigenvalue weighted by Gasteiger charge is 2.37. The third kappa shape index (κ3) is 1.44. The predicted octanol–water partition coefficient (Wildman–Crippen LogP) is 2.88. The maximum atomic E-state index is 12.3. The zero-order valence-electron chi connectivity index (χ0n) is 10.1. The van der Waals surface area contributed by atoms with Crippen LogP contribution in [-0.2, 0) is 4.79 Å². The number of fused-ring (bicyclic) bond motifs is 3. The standard InChI is InChI=1S/C15H15NO/c1-10-7-8-11-12-5-3-4-6-14(12)16(2)15(17)13(11)9-10/h3-9,11,13H,1-2H3/t11-,13-/m1/s1. The lowest BCUT2D eigenvalue weighted by molar-refractivity contribution is -0.121. The zero-order chi connectivity index (χ0) is 12.0. The number of benzene rings is 1. The van der Waals surface area contributed by atoms with E-state index < -0.39 is 0 Å². The number of carbonyl (C=O) groups is 1. The summed E-state index contributed by atoms with van der Waals surface area (Å²) in [6.07, 6.45) is 6.35. The van der Waals surface area contributed by atoms with Gasteiger partial charge in [-0.1, -0.05) is 42.0 Å². The molecule has 17 heavy (non-hydrogen) atoms. The molecule has 0 saturated carbocycles. The number of hydrogen-bond acceptors (Lipinski definition) is 1. The second-order valence-electron chi connectivity index (χ2n) is 4.78. The lowest BCUT2D eigenvalue weighted by Gasteiger charge is -2.36. The molecule has 0 radical (unpaired) electrons. The summed E-state index contributed by atoms with van der Waals surface area (Å²) in [7, 11) is 1.86. The van der Waals surface area contributed by atoms with Gasteiger partial charge in [-0.25, -0.2) is 0 Å². The van der Waals surface area contributed by atoms with Gasteiger partial charge in [-0.05, 0) is 18.6 Å². The van der Waals surface area contributed by atoms with Gasteiger partial charge in [0.05, 0.1) is 5.92 Å². The minimum atomic E-state index is -0.0279. The first kappa shape index (κ1) is 10.3. The largest absolute Gasteiger partial charge is 0.315 e. The minimum absolute atomic E-state index is 0.0279. The number of rotatable bonds is 0. The highest BCUT2D eigenvalue weighted by atomic mass is 16.2. The quantitative estimate of drug-likeness (QED) is 0.665. The van der Waals surface area contributed by atoms with Crippen molar-refractivity contribution in [2.45, 2.75) is 12.8 Å². The van der Waals surface area contributed by atoms with E-state index in [1.165, 1.54) is 11.1 Å². The molecule has 0 bridgehead atoms. The van der Waals surface area contributed by atoms with Gasteiger partial charge in [-0.2, -0.15) is 0 Å². The Balaban J connectivity index is 2.18. The summed E-state index contributed by atoms with van der Waals surface area (Å²) in [5.41, 5.74) is 3.46. The molecule has 2 nitrogen and oxygen atoms in total. The van der Waals surface area contributed by atoms with Crippen molar-refractivity contribution in [2.75, 3.05) is 11.9 Å². The van der Waals surface area contributed by atoms with Crippen molar-refractivity contribution in [1.82, 2.24) is 0 Å². The van der Waals surface area contributed by atoms with Crippen LogP contribution in [0.1, 0.15) is 18.4 Å². The van der Waals surface area contributed by atoms with Gasteiger partial charge < -0.3 is 4.90 Å². The van der Waals surface area contributed by atoms with Gasteiger partial charge >= 0.3 is 0 Å². The van der Waals surface area contributed by atoms with Gasteiger partial charge in [-0.15, -0.1) is 0 Å². The van der Waals surface area contributed by atoms with Crippen molar-refractivity contribution >= 4 is 11.6 Å². The molecule has 3 rings (SSSR count). The molecule has 0 saturated heterocycles. The molecule has 0 fully saturated rings. The number of para-hydroxylation sites is 1. The van der Waals surface area contributed by atoms with Crippen LogP contribution >= 0.6 is 0 Å². The van der Waals surface area contributed by atoms with Crippen molar-refractivity contribution in [1.29, 1.82) is 0 Å². The molecule has 1 amide bonds. The molecule has 0 unspecified atom stereocenters. The molecule has 0 N–H and O–H groups in total. The van der Waals surface area contributed by atoms with Crippen molar-refractivity contribution in [3.8, 4) is 0 Å². The average Bonchev–Trinajstić information content (AvgIpc) is 2.36. The smallest absolute Gasteiger partial charge is 0.234 e. The maximum absolute atomic E-state index is 12.3. The highest BCUT2D eigenvalue weighted by molar-refractivity contribution is 6.00. The van der Waals surface area contributed by atoms with Crippen LogP contribution in [0.25, 0.3) is 0 Å². The molecule has 2 heteroatoms. The van der Waals surface area contributed by atoms with Gasteiger partial charge in [0, 0.05) is 18.7 Å². The van der Waals surface area contributed by atoms with E-state index in [1.54, 1.807) is 4.90 Å². The van der Waals surface area contributed by atoms with Gasteiger partial charge in [0.2, 0.25) is 5.91 Å². The van der Waals surface area contributed by atoms with E-state index in [0.717, 1.165) is 5.69 Å². The molecule has 86 valence electrons. The lowest BCUT2D eigenvalue weighted by atomic mass is 9.77. The minimum Gasteiger partial charge on any atom is -0.315 e. The summed E-state index contributed by atoms with van der Waals surface area (Å²) in [5.74, 6) is 0.371. The molecule has 2 aliphatic rings. The Kier molecular flexibility index (Phi) is 2.18. The molecule has 0 spiro atoms. The van der Waals surface area contributed by atoms with Crippen LogP contribution in [0, 0.1) is 5.92 Å². The predicted molar refractivity (Wildman–Crippen MR) is 69.0 cm³/mol. The average molecular weight is 225 g/mol. The third-order valence-electron chi connectivity index (χ3n) is 3.67. The van der Waals surface area contributed by atoms with Crippen LogP contribution in [0.5, 0.6) is 0 Å². The first-order chi connectivity index (χ1) is 8.18. The first-order valence-electron chi connectivity index (χ1n) is 5.91. The Morgan fingerprint density at radius 2 is 1.94 bits per heavy atom. The molecule has 2 atom stereocenters. The fourth-order valence-corrected chi connectivity index (χ4v) is 2.76. The van der Waals surface area contributed by atoms with Gasteiger partial charge in [0.15, 0.2) is 0 Å². The van der Waals surface area contributed by atoms with Crippen LogP contribution in [0.4, 0.5) is 5.69 Å². The topological polar surface area (TPSA) is 20.3 Å². The fourth-order valence-electron chi connectivity index (χ4n) is 2.76. The molecular formula is C15H15NO. The summed E-state index contributed by atoms with van der Waals surface area (Å²) < 4.78 is 0. The Morgan fingerprint density at radius 1 is 1.18 bits per heavy atom. The number of amides is 1. The van der Waals surface area contributed by atoms with Gasteiger partial charge in [0.25, 0.3) is 0 Å². The number of hydrogen-bond donors (Lipinski definition) is 0. The van der Waals surface area contributed by atoms with Crippen LogP contribution in [0.3, 0.4) is 0 Å². The third-order valence-corrected chi connectivity index (χ3v) is 3.67. The van der Waals surface area contributed by atoms with Gasteiger partial charge in [-0.3, -0.25) is 4.79 Å². The Morgan fingerprint density at radius 3 is 2.76 bits per heavy atom. The van der Waals surface area contributed by atoms with Gasteiger partial charge in [0.1, 0.15) is 0 Å². The summed E-state index contributed by atoms with van der Waals surface area (Å²) in [5, 5.41) is 0. The van der Waals surface area contributed by atoms with E-state index in [-0.39, 0.29) is 17.7 Å². The fraction of sp³-hybridized carbons (Fsp3) is 0.267. The lowest BCUT2D eigenvalue weighted by Crippen LogP contribution is -2.40. The van der Waals surface area contributed by atoms with Crippen molar-refractivity contribution in [2.24, 2.45) is 5.92 Å². The highest BCUT2D eigenvalue weighted by Crippen LogP contribution is 2.42. The van der Waals surface area contributed by atoms with Crippen LogP contribution in [0.2, 0.25) is 0 Å². The SMILES string of the molecule is CC1=C[C@H]2C(=O)N(C)c3ccccc3[C@H]2C=C1.